The third-order valence-corrected chi connectivity index (χ3v) is 7.12. The molecule has 0 spiro atoms. The van der Waals surface area contributed by atoms with Crippen molar-refractivity contribution in [3.8, 4) is 11.1 Å². The van der Waals surface area contributed by atoms with Crippen LogP contribution in [0.5, 0.6) is 0 Å². The maximum absolute atomic E-state index is 12.2. The lowest BCUT2D eigenvalue weighted by atomic mass is 9.74. The first-order valence-electron chi connectivity index (χ1n) is 10.6. The Labute approximate surface area is 177 Å². The van der Waals surface area contributed by atoms with Gasteiger partial charge in [0.25, 0.3) is 5.91 Å². The van der Waals surface area contributed by atoms with Gasteiger partial charge in [0.05, 0.1) is 23.0 Å². The molecule has 1 aromatic carbocycles. The number of nitrogens with one attached hydrogen (secondary N) is 2. The van der Waals surface area contributed by atoms with Crippen LogP contribution in [0.3, 0.4) is 0 Å². The fourth-order valence-electron chi connectivity index (χ4n) is 4.82. The number of fused-ring (bicyclic) bond motifs is 1. The summed E-state index contributed by atoms with van der Waals surface area (Å²) < 4.78 is 1.82. The predicted octanol–water partition coefficient (Wildman–Crippen LogP) is 4.07. The molecule has 2 aromatic heterocycles. The van der Waals surface area contributed by atoms with Crippen molar-refractivity contribution in [2.75, 3.05) is 11.9 Å². The maximum atomic E-state index is 12.2. The SMILES string of the molecule is CCN[C@@]1(C)CC[C@@H](Nc2c(C(N)=O)cnn3cc(-c4ccccc4)cc23)C1(C)C. The van der Waals surface area contributed by atoms with Gasteiger partial charge in [-0.05, 0) is 37.9 Å². The minimum absolute atomic E-state index is 0.0206. The first-order chi connectivity index (χ1) is 14.3. The van der Waals surface area contributed by atoms with Crippen molar-refractivity contribution in [1.29, 1.82) is 0 Å². The van der Waals surface area contributed by atoms with Crippen LogP contribution < -0.4 is 16.4 Å². The zero-order chi connectivity index (χ0) is 21.5. The molecule has 3 aromatic rings. The number of carbonyl (C=O) groups excluding carboxylic acids is 1. The average molecular weight is 406 g/mol. The molecule has 0 saturated heterocycles. The van der Waals surface area contributed by atoms with Gasteiger partial charge in [-0.1, -0.05) is 51.1 Å². The lowest BCUT2D eigenvalue weighted by molar-refractivity contribution is 0.100. The molecular formula is C24H31N5O. The van der Waals surface area contributed by atoms with E-state index >= 15 is 0 Å². The highest BCUT2D eigenvalue weighted by Gasteiger charge is 2.51. The molecule has 1 fully saturated rings. The molecule has 158 valence electrons. The number of amides is 1. The standard InChI is InChI=1S/C24H31N5O/c1-5-26-24(4)12-11-20(23(24,2)3)28-21-18(22(25)30)14-27-29-15-17(13-19(21)29)16-9-7-6-8-10-16/h6-10,13-15,20,26,28H,5,11-12H2,1-4H3,(H2,25,30)/t20-,24+/m1/s1. The highest BCUT2D eigenvalue weighted by atomic mass is 16.1. The Morgan fingerprint density at radius 2 is 1.97 bits per heavy atom. The van der Waals surface area contributed by atoms with Crippen LogP contribution in [0.1, 0.15) is 50.9 Å². The second-order valence-corrected chi connectivity index (χ2v) is 9.04. The van der Waals surface area contributed by atoms with Crippen molar-refractivity contribution >= 4 is 17.1 Å². The summed E-state index contributed by atoms with van der Waals surface area (Å²) in [5.74, 6) is -0.472. The van der Waals surface area contributed by atoms with Gasteiger partial charge < -0.3 is 16.4 Å². The second kappa shape index (κ2) is 7.43. The monoisotopic (exact) mass is 405 g/mol. The molecule has 0 radical (unpaired) electrons. The summed E-state index contributed by atoms with van der Waals surface area (Å²) in [5.41, 5.74) is 9.93. The quantitative estimate of drug-likeness (QED) is 0.577. The van der Waals surface area contributed by atoms with E-state index in [1.807, 2.05) is 28.9 Å². The fraction of sp³-hybridized carbons (Fsp3) is 0.417. The van der Waals surface area contributed by atoms with Crippen molar-refractivity contribution in [1.82, 2.24) is 14.9 Å². The minimum atomic E-state index is -0.472. The number of hydrogen-bond donors (Lipinski definition) is 3. The van der Waals surface area contributed by atoms with Crippen molar-refractivity contribution in [2.24, 2.45) is 11.1 Å². The molecule has 4 N–H and O–H groups in total. The van der Waals surface area contributed by atoms with Crippen LogP contribution in [0.4, 0.5) is 5.69 Å². The van der Waals surface area contributed by atoms with Gasteiger partial charge in [0, 0.05) is 28.8 Å². The number of hydrogen-bond acceptors (Lipinski definition) is 4. The molecule has 0 unspecified atom stereocenters. The Balaban J connectivity index is 1.78. The van der Waals surface area contributed by atoms with E-state index in [-0.39, 0.29) is 17.0 Å². The van der Waals surface area contributed by atoms with Crippen LogP contribution in [0.25, 0.3) is 16.6 Å². The van der Waals surface area contributed by atoms with Gasteiger partial charge in [-0.15, -0.1) is 0 Å². The van der Waals surface area contributed by atoms with Gasteiger partial charge in [-0.2, -0.15) is 5.10 Å². The summed E-state index contributed by atoms with van der Waals surface area (Å²) in [6.07, 6.45) is 5.63. The van der Waals surface area contributed by atoms with E-state index < -0.39 is 5.91 Å². The van der Waals surface area contributed by atoms with Crippen LogP contribution in [-0.2, 0) is 0 Å². The molecule has 1 aliphatic rings. The molecule has 2 heterocycles. The highest BCUT2D eigenvalue weighted by molar-refractivity contribution is 6.02. The molecule has 0 bridgehead atoms. The summed E-state index contributed by atoms with van der Waals surface area (Å²) in [7, 11) is 0. The fourth-order valence-corrected chi connectivity index (χ4v) is 4.82. The van der Waals surface area contributed by atoms with Crippen molar-refractivity contribution in [3.05, 3.63) is 54.4 Å². The number of rotatable bonds is 6. The van der Waals surface area contributed by atoms with Gasteiger partial charge in [0.15, 0.2) is 0 Å². The Hall–Kier alpha value is -2.86. The van der Waals surface area contributed by atoms with Gasteiger partial charge in [0.2, 0.25) is 0 Å². The number of primary amides is 1. The third-order valence-electron chi connectivity index (χ3n) is 7.12. The number of aromatic nitrogens is 2. The largest absolute Gasteiger partial charge is 0.379 e. The van der Waals surface area contributed by atoms with E-state index in [9.17, 15) is 4.79 Å². The Kier molecular flexibility index (Phi) is 5.06. The number of nitrogens with zero attached hydrogens (tertiary/aromatic N) is 2. The normalized spacial score (nSPS) is 23.0. The third kappa shape index (κ3) is 3.25. The Morgan fingerprint density at radius 3 is 2.63 bits per heavy atom. The molecule has 2 atom stereocenters. The van der Waals surface area contributed by atoms with Crippen molar-refractivity contribution in [3.63, 3.8) is 0 Å². The minimum Gasteiger partial charge on any atom is -0.379 e. The Morgan fingerprint density at radius 1 is 1.23 bits per heavy atom. The van der Waals surface area contributed by atoms with Gasteiger partial charge in [0.1, 0.15) is 0 Å². The van der Waals surface area contributed by atoms with Crippen molar-refractivity contribution < 1.29 is 4.79 Å². The summed E-state index contributed by atoms with van der Waals surface area (Å²) in [6, 6.07) is 12.4. The van der Waals surface area contributed by atoms with Crippen LogP contribution in [0, 0.1) is 5.41 Å². The summed E-state index contributed by atoms with van der Waals surface area (Å²) in [6.45, 7) is 9.94. The van der Waals surface area contributed by atoms with Crippen molar-refractivity contribution in [2.45, 2.75) is 52.1 Å². The second-order valence-electron chi connectivity index (χ2n) is 9.04. The molecule has 6 nitrogen and oxygen atoms in total. The zero-order valence-corrected chi connectivity index (χ0v) is 18.2. The average Bonchev–Trinajstić information content (AvgIpc) is 3.24. The molecule has 1 amide bonds. The van der Waals surface area contributed by atoms with Crippen LogP contribution in [0.15, 0.2) is 48.8 Å². The summed E-state index contributed by atoms with van der Waals surface area (Å²) in [5, 5.41) is 11.8. The first kappa shape index (κ1) is 20.4. The molecular weight excluding hydrogens is 374 g/mol. The zero-order valence-electron chi connectivity index (χ0n) is 18.2. The predicted molar refractivity (Wildman–Crippen MR) is 122 cm³/mol. The topological polar surface area (TPSA) is 84.5 Å². The number of anilines is 1. The van der Waals surface area contributed by atoms with Gasteiger partial charge in [-0.25, -0.2) is 4.52 Å². The van der Waals surface area contributed by atoms with E-state index in [1.165, 1.54) is 0 Å². The van der Waals surface area contributed by atoms with Crippen LogP contribution in [0.2, 0.25) is 0 Å². The first-order valence-corrected chi connectivity index (χ1v) is 10.6. The number of nitrogens with two attached hydrogens (primary N) is 1. The number of benzene rings is 1. The van der Waals surface area contributed by atoms with Gasteiger partial charge in [-0.3, -0.25) is 4.79 Å². The Bertz CT molecular complexity index is 1070. The highest BCUT2D eigenvalue weighted by Crippen LogP contribution is 2.47. The van der Waals surface area contributed by atoms with E-state index in [0.717, 1.165) is 41.7 Å². The van der Waals surface area contributed by atoms with Crippen LogP contribution in [-0.4, -0.2) is 33.6 Å². The molecule has 6 heteroatoms. The van der Waals surface area contributed by atoms with Crippen LogP contribution >= 0.6 is 0 Å². The molecule has 4 rings (SSSR count). The van der Waals surface area contributed by atoms with E-state index in [2.05, 4.69) is 61.6 Å². The lowest BCUT2D eigenvalue weighted by Gasteiger charge is -2.43. The molecule has 0 aliphatic heterocycles. The lowest BCUT2D eigenvalue weighted by Crippen LogP contribution is -2.54. The van der Waals surface area contributed by atoms with E-state index in [4.69, 9.17) is 5.73 Å². The maximum Gasteiger partial charge on any atom is 0.252 e. The molecule has 30 heavy (non-hydrogen) atoms. The summed E-state index contributed by atoms with van der Waals surface area (Å²) >= 11 is 0. The van der Waals surface area contributed by atoms with E-state index in [0.29, 0.717) is 5.56 Å². The molecule has 1 aliphatic carbocycles. The number of carbonyl (C=O) groups is 1. The van der Waals surface area contributed by atoms with Gasteiger partial charge >= 0.3 is 0 Å². The van der Waals surface area contributed by atoms with E-state index in [1.54, 1.807) is 6.20 Å². The smallest absolute Gasteiger partial charge is 0.252 e. The summed E-state index contributed by atoms with van der Waals surface area (Å²) in [4.78, 5) is 12.2. The molecule has 1 saturated carbocycles.